The minimum Gasteiger partial charge on any atom is -0.360 e. The van der Waals surface area contributed by atoms with Gasteiger partial charge in [0.1, 0.15) is 5.82 Å². The Balaban J connectivity index is 2.33. The molecule has 0 amide bonds. The van der Waals surface area contributed by atoms with E-state index in [-0.39, 0.29) is 5.41 Å². The molecule has 1 N–H and O–H groups in total. The maximum absolute atomic E-state index is 5.18. The van der Waals surface area contributed by atoms with Crippen molar-refractivity contribution in [3.8, 4) is 12.3 Å². The van der Waals surface area contributed by atoms with Gasteiger partial charge in [0.2, 0.25) is 5.13 Å². The first-order valence-corrected chi connectivity index (χ1v) is 6.33. The summed E-state index contributed by atoms with van der Waals surface area (Å²) in [5, 5.41) is 4.18. The molecule has 0 aliphatic carbocycles. The standard InChI is InChI=1S/C12H19N3S/c1-5-6-7-8-9-13-11-14-10(15-16-11)12(2,3)4/h1H,6-9H2,2-4H3,(H,13,14,15). The number of anilines is 1. The molecule has 1 aromatic rings. The Morgan fingerprint density at radius 2 is 2.12 bits per heavy atom. The molecule has 1 aromatic heterocycles. The first-order valence-electron chi connectivity index (χ1n) is 5.55. The van der Waals surface area contributed by atoms with E-state index >= 15 is 0 Å². The number of unbranched alkanes of at least 4 members (excludes halogenated alkanes) is 2. The summed E-state index contributed by atoms with van der Waals surface area (Å²) in [6.45, 7) is 7.27. The number of nitrogens with zero attached hydrogens (tertiary/aromatic N) is 2. The second-order valence-corrected chi connectivity index (χ2v) is 5.51. The van der Waals surface area contributed by atoms with E-state index in [1.54, 1.807) is 0 Å². The van der Waals surface area contributed by atoms with Gasteiger partial charge in [0.15, 0.2) is 0 Å². The summed E-state index contributed by atoms with van der Waals surface area (Å²) in [5.74, 6) is 3.54. The van der Waals surface area contributed by atoms with Gasteiger partial charge >= 0.3 is 0 Å². The summed E-state index contributed by atoms with van der Waals surface area (Å²) in [6.07, 6.45) is 8.18. The first kappa shape index (κ1) is 13.0. The summed E-state index contributed by atoms with van der Waals surface area (Å²) < 4.78 is 4.34. The van der Waals surface area contributed by atoms with E-state index in [4.69, 9.17) is 6.42 Å². The number of hydrogen-bond acceptors (Lipinski definition) is 4. The molecule has 0 saturated carbocycles. The van der Waals surface area contributed by atoms with Gasteiger partial charge in [0, 0.05) is 29.9 Å². The van der Waals surface area contributed by atoms with E-state index < -0.39 is 0 Å². The first-order chi connectivity index (χ1) is 7.54. The largest absolute Gasteiger partial charge is 0.360 e. The molecule has 0 fully saturated rings. The van der Waals surface area contributed by atoms with Gasteiger partial charge in [-0.1, -0.05) is 20.8 Å². The van der Waals surface area contributed by atoms with Crippen LogP contribution in [0.1, 0.15) is 45.9 Å². The average molecular weight is 237 g/mol. The highest BCUT2D eigenvalue weighted by atomic mass is 32.1. The third-order valence-electron chi connectivity index (χ3n) is 2.12. The van der Waals surface area contributed by atoms with Crippen LogP contribution in [0.2, 0.25) is 0 Å². The third-order valence-corrected chi connectivity index (χ3v) is 2.79. The lowest BCUT2D eigenvalue weighted by Gasteiger charge is -2.12. The van der Waals surface area contributed by atoms with Crippen LogP contribution in [0.15, 0.2) is 0 Å². The van der Waals surface area contributed by atoms with Gasteiger partial charge in [-0.15, -0.1) is 12.3 Å². The van der Waals surface area contributed by atoms with Crippen LogP contribution >= 0.6 is 11.5 Å². The summed E-state index contributed by atoms with van der Waals surface area (Å²) >= 11 is 1.43. The van der Waals surface area contributed by atoms with Crippen LogP contribution in [0.3, 0.4) is 0 Å². The van der Waals surface area contributed by atoms with Gasteiger partial charge in [-0.3, -0.25) is 0 Å². The highest BCUT2D eigenvalue weighted by molar-refractivity contribution is 7.09. The Kier molecular flexibility index (Phi) is 4.75. The molecule has 0 aliphatic rings. The van der Waals surface area contributed by atoms with E-state index in [9.17, 15) is 0 Å². The maximum Gasteiger partial charge on any atom is 0.202 e. The van der Waals surface area contributed by atoms with Crippen LogP contribution in [-0.2, 0) is 5.41 Å². The smallest absolute Gasteiger partial charge is 0.202 e. The summed E-state index contributed by atoms with van der Waals surface area (Å²) in [6, 6.07) is 0. The van der Waals surface area contributed by atoms with Crippen molar-refractivity contribution in [1.29, 1.82) is 0 Å². The van der Waals surface area contributed by atoms with Gasteiger partial charge < -0.3 is 5.32 Å². The lowest BCUT2D eigenvalue weighted by molar-refractivity contribution is 0.555. The molecule has 0 saturated heterocycles. The topological polar surface area (TPSA) is 37.8 Å². The van der Waals surface area contributed by atoms with Crippen molar-refractivity contribution in [2.75, 3.05) is 11.9 Å². The fourth-order valence-electron chi connectivity index (χ4n) is 1.15. The van der Waals surface area contributed by atoms with Crippen molar-refractivity contribution in [1.82, 2.24) is 9.36 Å². The Labute approximate surface area is 102 Å². The lowest BCUT2D eigenvalue weighted by Crippen LogP contribution is -2.13. The second kappa shape index (κ2) is 5.86. The van der Waals surface area contributed by atoms with Gasteiger partial charge in [0.25, 0.3) is 0 Å². The summed E-state index contributed by atoms with van der Waals surface area (Å²) in [7, 11) is 0. The van der Waals surface area contributed by atoms with Crippen LogP contribution in [0.5, 0.6) is 0 Å². The summed E-state index contributed by atoms with van der Waals surface area (Å²) in [5.41, 5.74) is 0.0277. The molecule has 0 spiro atoms. The average Bonchev–Trinajstić information content (AvgIpc) is 2.65. The Morgan fingerprint density at radius 1 is 1.38 bits per heavy atom. The fraction of sp³-hybridized carbons (Fsp3) is 0.667. The van der Waals surface area contributed by atoms with Crippen LogP contribution in [0, 0.1) is 12.3 Å². The Hall–Kier alpha value is -1.08. The normalized spacial score (nSPS) is 11.1. The molecule has 4 heteroatoms. The number of nitrogens with one attached hydrogen (secondary N) is 1. The summed E-state index contributed by atoms with van der Waals surface area (Å²) in [4.78, 5) is 4.46. The highest BCUT2D eigenvalue weighted by Crippen LogP contribution is 2.22. The van der Waals surface area contributed by atoms with Crippen LogP contribution < -0.4 is 5.32 Å². The molecule has 3 nitrogen and oxygen atoms in total. The zero-order valence-corrected chi connectivity index (χ0v) is 11.0. The van der Waals surface area contributed by atoms with E-state index in [1.165, 1.54) is 11.5 Å². The predicted molar refractivity (Wildman–Crippen MR) is 69.8 cm³/mol. The molecule has 1 rings (SSSR count). The monoisotopic (exact) mass is 237 g/mol. The van der Waals surface area contributed by atoms with Crippen molar-refractivity contribution < 1.29 is 0 Å². The Bertz CT molecular complexity index is 357. The number of aromatic nitrogens is 2. The quantitative estimate of drug-likeness (QED) is 0.632. The molecule has 0 aliphatic heterocycles. The van der Waals surface area contributed by atoms with Gasteiger partial charge in [-0.2, -0.15) is 4.37 Å². The highest BCUT2D eigenvalue weighted by Gasteiger charge is 2.19. The zero-order chi connectivity index (χ0) is 12.0. The molecular weight excluding hydrogens is 218 g/mol. The predicted octanol–water partition coefficient (Wildman–Crippen LogP) is 3.05. The van der Waals surface area contributed by atoms with Gasteiger partial charge in [-0.05, 0) is 12.8 Å². The molecule has 0 radical (unpaired) electrons. The second-order valence-electron chi connectivity index (χ2n) is 4.76. The van der Waals surface area contributed by atoms with Crippen LogP contribution in [-0.4, -0.2) is 15.9 Å². The number of terminal acetylenes is 1. The van der Waals surface area contributed by atoms with E-state index in [0.717, 1.165) is 36.8 Å². The molecule has 0 aromatic carbocycles. The fourth-order valence-corrected chi connectivity index (χ4v) is 1.93. The third kappa shape index (κ3) is 4.19. The van der Waals surface area contributed by atoms with Gasteiger partial charge in [-0.25, -0.2) is 4.98 Å². The molecule has 0 atom stereocenters. The number of hydrogen-bond donors (Lipinski definition) is 1. The minimum absolute atomic E-state index is 0.0277. The SMILES string of the molecule is C#CCCCCNc1nc(C(C)(C)C)ns1. The van der Waals surface area contributed by atoms with Gasteiger partial charge in [0.05, 0.1) is 0 Å². The van der Waals surface area contributed by atoms with E-state index in [1.807, 2.05) is 0 Å². The van der Waals surface area contributed by atoms with E-state index in [0.29, 0.717) is 0 Å². The van der Waals surface area contributed by atoms with Crippen molar-refractivity contribution in [2.45, 2.75) is 45.4 Å². The maximum atomic E-state index is 5.18. The lowest BCUT2D eigenvalue weighted by atomic mass is 9.96. The number of rotatable bonds is 5. The zero-order valence-electron chi connectivity index (χ0n) is 10.2. The van der Waals surface area contributed by atoms with Crippen molar-refractivity contribution in [2.24, 2.45) is 0 Å². The molecule has 0 unspecified atom stereocenters. The van der Waals surface area contributed by atoms with Crippen LogP contribution in [0.4, 0.5) is 5.13 Å². The van der Waals surface area contributed by atoms with Crippen molar-refractivity contribution in [3.05, 3.63) is 5.82 Å². The molecule has 16 heavy (non-hydrogen) atoms. The molecular formula is C12H19N3S. The molecule has 88 valence electrons. The van der Waals surface area contributed by atoms with Crippen LogP contribution in [0.25, 0.3) is 0 Å². The van der Waals surface area contributed by atoms with E-state index in [2.05, 4.69) is 41.4 Å². The van der Waals surface area contributed by atoms with Crippen molar-refractivity contribution >= 4 is 16.7 Å². The molecule has 1 heterocycles. The minimum atomic E-state index is 0.0277. The Morgan fingerprint density at radius 3 is 2.69 bits per heavy atom. The van der Waals surface area contributed by atoms with Crippen molar-refractivity contribution in [3.63, 3.8) is 0 Å². The molecule has 0 bridgehead atoms.